The Hall–Kier alpha value is -0.640. The monoisotopic (exact) mass is 269 g/mol. The first-order valence-electron chi connectivity index (χ1n) is 6.55. The van der Waals surface area contributed by atoms with Crippen LogP contribution < -0.4 is 0 Å². The number of rotatable bonds is 4. The Labute approximate surface area is 113 Å². The van der Waals surface area contributed by atoms with Crippen molar-refractivity contribution in [3.63, 3.8) is 0 Å². The molecule has 0 saturated carbocycles. The number of ether oxygens (including phenoxy) is 1. The number of nitrogens with zero attached hydrogens (tertiary/aromatic N) is 1. The highest BCUT2D eigenvalue weighted by Crippen LogP contribution is 2.31. The summed E-state index contributed by atoms with van der Waals surface area (Å²) in [5.41, 5.74) is 0.273. The zero-order chi connectivity index (χ0) is 13.0. The second-order valence-corrected chi connectivity index (χ2v) is 5.51. The van der Waals surface area contributed by atoms with Crippen molar-refractivity contribution in [3.8, 4) is 0 Å². The molecule has 2 rings (SSSR count). The summed E-state index contributed by atoms with van der Waals surface area (Å²) in [6.07, 6.45) is 7.55. The van der Waals surface area contributed by atoms with Crippen LogP contribution in [0.3, 0.4) is 0 Å². The molecule has 0 radical (unpaired) electrons. The third-order valence-corrected chi connectivity index (χ3v) is 3.86. The molecular weight excluding hydrogens is 250 g/mol. The lowest BCUT2D eigenvalue weighted by molar-refractivity contribution is -0.104. The van der Waals surface area contributed by atoms with Gasteiger partial charge in [0, 0.05) is 31.8 Å². The quantitative estimate of drug-likeness (QED) is 0.914. The molecule has 2 heterocycles. The summed E-state index contributed by atoms with van der Waals surface area (Å²) in [7, 11) is 0. The molecule has 0 amide bonds. The molecule has 0 aromatic carbocycles. The lowest BCUT2D eigenvalue weighted by Gasteiger charge is -2.37. The van der Waals surface area contributed by atoms with E-state index in [1.165, 1.54) is 0 Å². The molecule has 0 spiro atoms. The van der Waals surface area contributed by atoms with Crippen LogP contribution in [0.1, 0.15) is 38.2 Å². The summed E-state index contributed by atoms with van der Waals surface area (Å²) in [6, 6.07) is 1.88. The van der Waals surface area contributed by atoms with E-state index in [4.69, 9.17) is 16.3 Å². The van der Waals surface area contributed by atoms with Gasteiger partial charge in [0.2, 0.25) is 0 Å². The van der Waals surface area contributed by atoms with Gasteiger partial charge in [-0.1, -0.05) is 24.9 Å². The molecule has 3 nitrogen and oxygen atoms in total. The Morgan fingerprint density at radius 2 is 2.44 bits per heavy atom. The van der Waals surface area contributed by atoms with Crippen molar-refractivity contribution >= 4 is 11.6 Å². The van der Waals surface area contributed by atoms with Gasteiger partial charge in [0.05, 0.1) is 16.7 Å². The fourth-order valence-corrected chi connectivity index (χ4v) is 2.76. The largest absolute Gasteiger partial charge is 0.389 e. The van der Waals surface area contributed by atoms with E-state index in [1.807, 2.05) is 6.07 Å². The Bertz CT molecular complexity index is 397. The zero-order valence-corrected chi connectivity index (χ0v) is 11.5. The summed E-state index contributed by atoms with van der Waals surface area (Å²) in [5, 5.41) is 11.3. The van der Waals surface area contributed by atoms with E-state index in [0.29, 0.717) is 30.9 Å². The summed E-state index contributed by atoms with van der Waals surface area (Å²) < 4.78 is 5.68. The van der Waals surface area contributed by atoms with Gasteiger partial charge >= 0.3 is 0 Å². The van der Waals surface area contributed by atoms with Crippen LogP contribution in [0.5, 0.6) is 0 Å². The molecule has 2 atom stereocenters. The minimum Gasteiger partial charge on any atom is -0.389 e. The van der Waals surface area contributed by atoms with E-state index in [2.05, 4.69) is 11.9 Å². The molecule has 1 aliphatic heterocycles. The molecular formula is C14H20ClNO2. The van der Waals surface area contributed by atoms with E-state index >= 15 is 0 Å². The maximum atomic E-state index is 10.7. The van der Waals surface area contributed by atoms with Gasteiger partial charge in [-0.05, 0) is 24.5 Å². The van der Waals surface area contributed by atoms with Crippen molar-refractivity contribution in [2.24, 2.45) is 0 Å². The van der Waals surface area contributed by atoms with E-state index < -0.39 is 5.60 Å². The van der Waals surface area contributed by atoms with Crippen molar-refractivity contribution in [3.05, 3.63) is 29.0 Å². The summed E-state index contributed by atoms with van der Waals surface area (Å²) >= 11 is 6.10. The molecule has 18 heavy (non-hydrogen) atoms. The summed E-state index contributed by atoms with van der Waals surface area (Å²) in [4.78, 5) is 3.97. The van der Waals surface area contributed by atoms with Crippen molar-refractivity contribution in [1.82, 2.24) is 4.98 Å². The maximum Gasteiger partial charge on any atom is 0.0735 e. The number of halogens is 1. The van der Waals surface area contributed by atoms with Crippen LogP contribution in [-0.4, -0.2) is 28.4 Å². The SMILES string of the molecule is CCCC1CC(O)(Cc2ccncc2Cl)CCO1. The number of pyridine rings is 1. The van der Waals surface area contributed by atoms with Crippen molar-refractivity contribution < 1.29 is 9.84 Å². The van der Waals surface area contributed by atoms with Crippen molar-refractivity contribution in [2.75, 3.05) is 6.61 Å². The fourth-order valence-electron chi connectivity index (χ4n) is 2.57. The second kappa shape index (κ2) is 6.00. The van der Waals surface area contributed by atoms with Crippen LogP contribution in [0.15, 0.2) is 18.5 Å². The molecule has 1 N–H and O–H groups in total. The molecule has 1 aliphatic rings. The summed E-state index contributed by atoms with van der Waals surface area (Å²) in [5.74, 6) is 0. The molecule has 2 unspecified atom stereocenters. The van der Waals surface area contributed by atoms with E-state index in [0.717, 1.165) is 18.4 Å². The van der Waals surface area contributed by atoms with Crippen LogP contribution >= 0.6 is 11.6 Å². The minimum absolute atomic E-state index is 0.175. The molecule has 1 aromatic rings. The Kier molecular flexibility index (Phi) is 4.60. The Morgan fingerprint density at radius 1 is 1.61 bits per heavy atom. The average Bonchev–Trinajstić information content (AvgIpc) is 2.32. The Morgan fingerprint density at radius 3 is 3.17 bits per heavy atom. The first kappa shape index (κ1) is 13.8. The smallest absolute Gasteiger partial charge is 0.0735 e. The van der Waals surface area contributed by atoms with Gasteiger partial charge in [0.1, 0.15) is 0 Å². The Balaban J connectivity index is 2.05. The van der Waals surface area contributed by atoms with E-state index in [9.17, 15) is 5.11 Å². The third kappa shape index (κ3) is 3.44. The lowest BCUT2D eigenvalue weighted by Crippen LogP contribution is -2.42. The average molecular weight is 270 g/mol. The van der Waals surface area contributed by atoms with E-state index in [-0.39, 0.29) is 6.10 Å². The van der Waals surface area contributed by atoms with Crippen molar-refractivity contribution in [1.29, 1.82) is 0 Å². The standard InChI is InChI=1S/C14H20ClNO2/c1-2-3-12-9-14(17,5-7-18-12)8-11-4-6-16-10-13(11)15/h4,6,10,12,17H,2-3,5,7-9H2,1H3. The van der Waals surface area contributed by atoms with Crippen LogP contribution in [0.25, 0.3) is 0 Å². The number of hydrogen-bond acceptors (Lipinski definition) is 3. The second-order valence-electron chi connectivity index (χ2n) is 5.10. The van der Waals surface area contributed by atoms with Crippen LogP contribution in [-0.2, 0) is 11.2 Å². The lowest BCUT2D eigenvalue weighted by atomic mass is 9.84. The third-order valence-electron chi connectivity index (χ3n) is 3.52. The van der Waals surface area contributed by atoms with Crippen LogP contribution in [0, 0.1) is 0 Å². The predicted octanol–water partition coefficient (Wildman–Crippen LogP) is 2.99. The minimum atomic E-state index is -0.691. The predicted molar refractivity (Wildman–Crippen MR) is 71.8 cm³/mol. The van der Waals surface area contributed by atoms with Gasteiger partial charge in [-0.2, -0.15) is 0 Å². The molecule has 0 aliphatic carbocycles. The van der Waals surface area contributed by atoms with E-state index in [1.54, 1.807) is 12.4 Å². The van der Waals surface area contributed by atoms with Crippen LogP contribution in [0.4, 0.5) is 0 Å². The van der Waals surface area contributed by atoms with Gasteiger partial charge in [0.25, 0.3) is 0 Å². The van der Waals surface area contributed by atoms with Crippen LogP contribution in [0.2, 0.25) is 5.02 Å². The zero-order valence-electron chi connectivity index (χ0n) is 10.7. The number of aromatic nitrogens is 1. The highest BCUT2D eigenvalue weighted by molar-refractivity contribution is 6.31. The first-order chi connectivity index (χ1) is 8.63. The molecule has 1 saturated heterocycles. The fraction of sp³-hybridized carbons (Fsp3) is 0.643. The number of aliphatic hydroxyl groups is 1. The maximum absolute atomic E-state index is 10.7. The normalized spacial score (nSPS) is 28.3. The van der Waals surface area contributed by atoms with Crippen molar-refractivity contribution in [2.45, 2.75) is 50.7 Å². The van der Waals surface area contributed by atoms with Gasteiger partial charge in [0.15, 0.2) is 0 Å². The van der Waals surface area contributed by atoms with Gasteiger partial charge in [-0.25, -0.2) is 0 Å². The number of hydrogen-bond donors (Lipinski definition) is 1. The van der Waals surface area contributed by atoms with Gasteiger partial charge in [-0.15, -0.1) is 0 Å². The molecule has 1 fully saturated rings. The summed E-state index contributed by atoms with van der Waals surface area (Å²) in [6.45, 7) is 2.76. The molecule has 1 aromatic heterocycles. The molecule has 4 heteroatoms. The molecule has 100 valence electrons. The highest BCUT2D eigenvalue weighted by Gasteiger charge is 2.35. The highest BCUT2D eigenvalue weighted by atomic mass is 35.5. The van der Waals surface area contributed by atoms with Gasteiger partial charge < -0.3 is 9.84 Å². The first-order valence-corrected chi connectivity index (χ1v) is 6.93. The topological polar surface area (TPSA) is 42.4 Å². The van der Waals surface area contributed by atoms with Gasteiger partial charge in [-0.3, -0.25) is 4.98 Å². The molecule has 0 bridgehead atoms.